The Bertz CT molecular complexity index is 374. The normalized spacial score (nSPS) is 9.77. The number of ketones is 1. The lowest BCUT2D eigenvalue weighted by molar-refractivity contribution is 0.104. The van der Waals surface area contributed by atoms with E-state index >= 15 is 0 Å². The number of carbonyl (C=O) groups is 1. The standard InChI is InChI=1S/C9H5BrF2O/c1-2-9(13)5-3-8(12)6(10)4-7(5)11/h2-4H,1H2. The van der Waals surface area contributed by atoms with Crippen LogP contribution in [0.4, 0.5) is 8.78 Å². The third-order valence-electron chi connectivity index (χ3n) is 1.46. The lowest BCUT2D eigenvalue weighted by Crippen LogP contribution is -1.99. The summed E-state index contributed by atoms with van der Waals surface area (Å²) in [6.07, 6.45) is 0.936. The van der Waals surface area contributed by atoms with Gasteiger partial charge in [0, 0.05) is 0 Å². The maximum atomic E-state index is 13.0. The van der Waals surface area contributed by atoms with E-state index in [2.05, 4.69) is 22.5 Å². The van der Waals surface area contributed by atoms with E-state index in [1.807, 2.05) is 0 Å². The van der Waals surface area contributed by atoms with Crippen LogP contribution in [0.5, 0.6) is 0 Å². The first-order chi connectivity index (χ1) is 6.06. The molecular weight excluding hydrogens is 242 g/mol. The first-order valence-electron chi connectivity index (χ1n) is 3.37. The fourth-order valence-electron chi connectivity index (χ4n) is 0.821. The molecule has 0 unspecified atom stereocenters. The highest BCUT2D eigenvalue weighted by atomic mass is 79.9. The maximum absolute atomic E-state index is 13.0. The summed E-state index contributed by atoms with van der Waals surface area (Å²) >= 11 is 2.80. The Labute approximate surface area is 82.2 Å². The fourth-order valence-corrected chi connectivity index (χ4v) is 1.14. The van der Waals surface area contributed by atoms with Gasteiger partial charge in [0.25, 0.3) is 0 Å². The quantitative estimate of drug-likeness (QED) is 0.446. The minimum atomic E-state index is -0.766. The van der Waals surface area contributed by atoms with Crippen molar-refractivity contribution in [3.8, 4) is 0 Å². The molecule has 1 aromatic rings. The van der Waals surface area contributed by atoms with Gasteiger partial charge in [0.05, 0.1) is 10.0 Å². The molecule has 0 aliphatic carbocycles. The van der Waals surface area contributed by atoms with E-state index in [4.69, 9.17) is 0 Å². The molecule has 0 saturated heterocycles. The number of carbonyl (C=O) groups excluding carboxylic acids is 1. The molecule has 4 heteroatoms. The molecule has 0 amide bonds. The molecular formula is C9H5BrF2O. The predicted molar refractivity (Wildman–Crippen MR) is 48.6 cm³/mol. The second-order valence-corrected chi connectivity index (χ2v) is 3.17. The SMILES string of the molecule is C=CC(=O)c1cc(F)c(Br)cc1F. The van der Waals surface area contributed by atoms with Gasteiger partial charge in [-0.25, -0.2) is 8.78 Å². The monoisotopic (exact) mass is 246 g/mol. The Balaban J connectivity index is 3.31. The average Bonchev–Trinajstić information content (AvgIpc) is 2.10. The highest BCUT2D eigenvalue weighted by Gasteiger charge is 2.12. The molecule has 0 aliphatic heterocycles. The van der Waals surface area contributed by atoms with Crippen LogP contribution < -0.4 is 0 Å². The van der Waals surface area contributed by atoms with Crippen LogP contribution >= 0.6 is 15.9 Å². The summed E-state index contributed by atoms with van der Waals surface area (Å²) in [5.74, 6) is -2.08. The van der Waals surface area contributed by atoms with Gasteiger partial charge >= 0.3 is 0 Å². The molecule has 1 nitrogen and oxygen atoms in total. The molecule has 1 aromatic carbocycles. The van der Waals surface area contributed by atoms with Gasteiger partial charge in [-0.1, -0.05) is 6.58 Å². The predicted octanol–water partition coefficient (Wildman–Crippen LogP) is 3.10. The summed E-state index contributed by atoms with van der Waals surface area (Å²) in [7, 11) is 0. The fraction of sp³-hybridized carbons (Fsp3) is 0. The summed E-state index contributed by atoms with van der Waals surface area (Å²) in [5, 5.41) is 0. The van der Waals surface area contributed by atoms with Crippen molar-refractivity contribution in [3.63, 3.8) is 0 Å². The average molecular weight is 247 g/mol. The van der Waals surface area contributed by atoms with E-state index in [0.29, 0.717) is 0 Å². The summed E-state index contributed by atoms with van der Waals surface area (Å²) < 4.78 is 25.8. The maximum Gasteiger partial charge on any atom is 0.188 e. The Morgan fingerprint density at radius 2 is 2.00 bits per heavy atom. The topological polar surface area (TPSA) is 17.1 Å². The van der Waals surface area contributed by atoms with Crippen molar-refractivity contribution in [2.24, 2.45) is 0 Å². The van der Waals surface area contributed by atoms with Crippen molar-refractivity contribution < 1.29 is 13.6 Å². The summed E-state index contributed by atoms with van der Waals surface area (Å²) in [6.45, 7) is 3.18. The molecule has 0 saturated carbocycles. The van der Waals surface area contributed by atoms with Crippen LogP contribution in [-0.2, 0) is 0 Å². The Morgan fingerprint density at radius 1 is 1.38 bits per heavy atom. The van der Waals surface area contributed by atoms with Crippen LogP contribution in [0.25, 0.3) is 0 Å². The molecule has 1 rings (SSSR count). The number of allylic oxidation sites excluding steroid dienone is 1. The lowest BCUT2D eigenvalue weighted by Gasteiger charge is -2.00. The summed E-state index contributed by atoms with van der Waals surface area (Å²) in [4.78, 5) is 11.0. The first-order valence-corrected chi connectivity index (χ1v) is 4.17. The van der Waals surface area contributed by atoms with Crippen molar-refractivity contribution in [2.45, 2.75) is 0 Å². The van der Waals surface area contributed by atoms with Crippen molar-refractivity contribution in [2.75, 3.05) is 0 Å². The van der Waals surface area contributed by atoms with Gasteiger partial charge in [-0.05, 0) is 34.1 Å². The largest absolute Gasteiger partial charge is 0.289 e. The van der Waals surface area contributed by atoms with Crippen molar-refractivity contribution in [1.82, 2.24) is 0 Å². The van der Waals surface area contributed by atoms with Gasteiger partial charge in [-0.15, -0.1) is 0 Å². The van der Waals surface area contributed by atoms with Gasteiger partial charge in [-0.3, -0.25) is 4.79 Å². The molecule has 0 spiro atoms. The molecule has 0 N–H and O–H groups in total. The number of rotatable bonds is 2. The second kappa shape index (κ2) is 3.79. The van der Waals surface area contributed by atoms with Crippen molar-refractivity contribution >= 4 is 21.7 Å². The molecule has 0 bridgehead atoms. The smallest absolute Gasteiger partial charge is 0.188 e. The lowest BCUT2D eigenvalue weighted by atomic mass is 10.1. The van der Waals surface area contributed by atoms with Crippen LogP contribution in [-0.4, -0.2) is 5.78 Å². The Hall–Kier alpha value is -1.03. The first kappa shape index (κ1) is 10.1. The minimum absolute atomic E-state index is 0.00869. The van der Waals surface area contributed by atoms with E-state index in [0.717, 1.165) is 18.2 Å². The zero-order chi connectivity index (χ0) is 10.0. The molecule has 0 radical (unpaired) electrons. The minimum Gasteiger partial charge on any atom is -0.289 e. The van der Waals surface area contributed by atoms with E-state index in [1.165, 1.54) is 0 Å². The summed E-state index contributed by atoms with van der Waals surface area (Å²) in [5.41, 5.74) is -0.310. The van der Waals surface area contributed by atoms with Gasteiger partial charge in [0.2, 0.25) is 0 Å². The summed E-state index contributed by atoms with van der Waals surface area (Å²) in [6, 6.07) is 1.75. The van der Waals surface area contributed by atoms with E-state index in [1.54, 1.807) is 0 Å². The molecule has 0 fully saturated rings. The highest BCUT2D eigenvalue weighted by Crippen LogP contribution is 2.20. The molecule has 0 aliphatic rings. The van der Waals surface area contributed by atoms with Crippen LogP contribution in [0.2, 0.25) is 0 Å². The Morgan fingerprint density at radius 3 is 2.54 bits per heavy atom. The number of hydrogen-bond donors (Lipinski definition) is 0. The zero-order valence-corrected chi connectivity index (χ0v) is 8.07. The van der Waals surface area contributed by atoms with Gasteiger partial charge in [-0.2, -0.15) is 0 Å². The van der Waals surface area contributed by atoms with Crippen molar-refractivity contribution in [1.29, 1.82) is 0 Å². The molecule has 0 aromatic heterocycles. The molecule has 13 heavy (non-hydrogen) atoms. The zero-order valence-electron chi connectivity index (χ0n) is 6.48. The van der Waals surface area contributed by atoms with Crippen LogP contribution in [0.3, 0.4) is 0 Å². The molecule has 0 atom stereocenters. The molecule has 68 valence electrons. The van der Waals surface area contributed by atoms with E-state index in [9.17, 15) is 13.6 Å². The van der Waals surface area contributed by atoms with Gasteiger partial charge < -0.3 is 0 Å². The number of hydrogen-bond acceptors (Lipinski definition) is 1. The third-order valence-corrected chi connectivity index (χ3v) is 2.07. The number of benzene rings is 1. The highest BCUT2D eigenvalue weighted by molar-refractivity contribution is 9.10. The number of halogens is 3. The van der Waals surface area contributed by atoms with Crippen LogP contribution in [0, 0.1) is 11.6 Å². The van der Waals surface area contributed by atoms with Gasteiger partial charge in [0.1, 0.15) is 11.6 Å². The molecule has 0 heterocycles. The third kappa shape index (κ3) is 2.01. The Kier molecular flexibility index (Phi) is 2.93. The van der Waals surface area contributed by atoms with Gasteiger partial charge in [0.15, 0.2) is 5.78 Å². The van der Waals surface area contributed by atoms with Crippen LogP contribution in [0.1, 0.15) is 10.4 Å². The van der Waals surface area contributed by atoms with Crippen LogP contribution in [0.15, 0.2) is 29.3 Å². The van der Waals surface area contributed by atoms with E-state index in [-0.39, 0.29) is 10.0 Å². The van der Waals surface area contributed by atoms with E-state index < -0.39 is 17.4 Å². The second-order valence-electron chi connectivity index (χ2n) is 2.31. The van der Waals surface area contributed by atoms with Crippen molar-refractivity contribution in [3.05, 3.63) is 46.5 Å².